The van der Waals surface area contributed by atoms with Gasteiger partial charge in [0.05, 0.1) is 9.16 Å². The standard InChI is InChI=1S/C7H10S3/c1-4-2-6-9-5(1)3-7(8-4)10-6/h4-7H,1-3H2. The van der Waals surface area contributed by atoms with Gasteiger partial charge in [0.2, 0.25) is 0 Å². The van der Waals surface area contributed by atoms with Crippen molar-refractivity contribution in [3.63, 3.8) is 0 Å². The molecular formula is C7H10S3. The topological polar surface area (TPSA) is 0 Å². The highest BCUT2D eigenvalue weighted by Gasteiger charge is 2.43. The lowest BCUT2D eigenvalue weighted by atomic mass is 10.1. The lowest BCUT2D eigenvalue weighted by Gasteiger charge is -2.47. The Bertz CT molecular complexity index is 100. The first-order valence-electron chi connectivity index (χ1n) is 3.86. The molecule has 4 rings (SSSR count). The molecule has 0 aromatic rings. The van der Waals surface area contributed by atoms with Crippen molar-refractivity contribution in [2.75, 3.05) is 0 Å². The van der Waals surface area contributed by atoms with Crippen molar-refractivity contribution in [3.8, 4) is 0 Å². The van der Waals surface area contributed by atoms with Gasteiger partial charge in [0.25, 0.3) is 0 Å². The van der Waals surface area contributed by atoms with E-state index in [1.807, 2.05) is 0 Å². The van der Waals surface area contributed by atoms with Crippen LogP contribution in [0.3, 0.4) is 0 Å². The highest BCUT2D eigenvalue weighted by molar-refractivity contribution is 8.26. The Kier molecular flexibility index (Phi) is 1.49. The van der Waals surface area contributed by atoms with E-state index in [-0.39, 0.29) is 0 Å². The molecule has 0 aromatic carbocycles. The molecule has 0 amide bonds. The Morgan fingerprint density at radius 2 is 1.30 bits per heavy atom. The van der Waals surface area contributed by atoms with Gasteiger partial charge in [0.1, 0.15) is 0 Å². The largest absolute Gasteiger partial charge is 0.144 e. The Morgan fingerprint density at radius 3 is 1.80 bits per heavy atom. The van der Waals surface area contributed by atoms with Gasteiger partial charge in [-0.3, -0.25) is 0 Å². The molecule has 0 nitrogen and oxygen atoms in total. The molecule has 4 saturated heterocycles. The van der Waals surface area contributed by atoms with E-state index in [0.29, 0.717) is 0 Å². The molecule has 4 heterocycles. The maximum Gasteiger partial charge on any atom is 0.0527 e. The molecular weight excluding hydrogens is 180 g/mol. The van der Waals surface area contributed by atoms with Gasteiger partial charge in [-0.05, 0) is 19.3 Å². The zero-order valence-electron chi connectivity index (χ0n) is 5.66. The van der Waals surface area contributed by atoms with E-state index in [2.05, 4.69) is 35.3 Å². The maximum atomic E-state index is 2.26. The quantitative estimate of drug-likeness (QED) is 0.576. The molecule has 0 spiro atoms. The van der Waals surface area contributed by atoms with E-state index in [9.17, 15) is 0 Å². The summed E-state index contributed by atoms with van der Waals surface area (Å²) in [6.45, 7) is 0. The third-order valence-electron chi connectivity index (χ3n) is 2.43. The molecule has 4 atom stereocenters. The molecule has 10 heavy (non-hydrogen) atoms. The SMILES string of the molecule is C1C2CC3SC1CC(S2)S3. The summed E-state index contributed by atoms with van der Waals surface area (Å²) in [6.07, 6.45) is 4.50. The fourth-order valence-electron chi connectivity index (χ4n) is 2.02. The van der Waals surface area contributed by atoms with Gasteiger partial charge >= 0.3 is 0 Å². The van der Waals surface area contributed by atoms with Crippen molar-refractivity contribution < 1.29 is 0 Å². The Morgan fingerprint density at radius 1 is 0.700 bits per heavy atom. The zero-order chi connectivity index (χ0) is 6.55. The number of hydrogen-bond donors (Lipinski definition) is 0. The van der Waals surface area contributed by atoms with Crippen LogP contribution in [0.15, 0.2) is 0 Å². The summed E-state index contributed by atoms with van der Waals surface area (Å²) in [5.74, 6) is 0. The van der Waals surface area contributed by atoms with Gasteiger partial charge in [0, 0.05) is 10.5 Å². The van der Waals surface area contributed by atoms with E-state index in [1.54, 1.807) is 0 Å². The molecule has 0 saturated carbocycles. The fraction of sp³-hybridized carbons (Fsp3) is 1.00. The molecule has 4 bridgehead atoms. The van der Waals surface area contributed by atoms with E-state index in [1.165, 1.54) is 19.3 Å². The molecule has 56 valence electrons. The minimum atomic E-state index is 0.990. The van der Waals surface area contributed by atoms with E-state index in [4.69, 9.17) is 0 Å². The van der Waals surface area contributed by atoms with E-state index >= 15 is 0 Å². The van der Waals surface area contributed by atoms with Crippen LogP contribution < -0.4 is 0 Å². The second-order valence-electron chi connectivity index (χ2n) is 3.22. The van der Waals surface area contributed by atoms with Crippen molar-refractivity contribution in [1.82, 2.24) is 0 Å². The summed E-state index contributed by atoms with van der Waals surface area (Å²) in [5, 5.41) is 2.10. The predicted molar refractivity (Wildman–Crippen MR) is 51.8 cm³/mol. The molecule has 4 fully saturated rings. The van der Waals surface area contributed by atoms with Gasteiger partial charge in [-0.1, -0.05) is 0 Å². The Hall–Kier alpha value is 1.05. The molecule has 0 radical (unpaired) electrons. The summed E-state index contributed by atoms with van der Waals surface area (Å²) < 4.78 is 1.98. The van der Waals surface area contributed by atoms with Crippen LogP contribution in [0.1, 0.15) is 19.3 Å². The van der Waals surface area contributed by atoms with Crippen molar-refractivity contribution in [3.05, 3.63) is 0 Å². The third-order valence-corrected chi connectivity index (χ3v) is 7.29. The van der Waals surface area contributed by atoms with Crippen LogP contribution >= 0.6 is 35.3 Å². The number of thioether (sulfide) groups is 3. The van der Waals surface area contributed by atoms with Crippen molar-refractivity contribution in [1.29, 1.82) is 0 Å². The Balaban J connectivity index is 1.90. The summed E-state index contributed by atoms with van der Waals surface area (Å²) >= 11 is 6.75. The van der Waals surface area contributed by atoms with Crippen LogP contribution in [-0.4, -0.2) is 19.7 Å². The highest BCUT2D eigenvalue weighted by Crippen LogP contribution is 2.59. The molecule has 4 aliphatic heterocycles. The molecule has 0 aliphatic carbocycles. The molecule has 0 aromatic heterocycles. The monoisotopic (exact) mass is 190 g/mol. The van der Waals surface area contributed by atoms with Crippen LogP contribution in [0.25, 0.3) is 0 Å². The van der Waals surface area contributed by atoms with Crippen LogP contribution in [0, 0.1) is 0 Å². The van der Waals surface area contributed by atoms with Crippen molar-refractivity contribution >= 4 is 35.3 Å². The summed E-state index contributed by atoms with van der Waals surface area (Å²) in [5.41, 5.74) is 0. The first-order chi connectivity index (χ1) is 4.90. The minimum Gasteiger partial charge on any atom is -0.144 e. The average Bonchev–Trinajstić information content (AvgIpc) is 1.82. The van der Waals surface area contributed by atoms with Crippen molar-refractivity contribution in [2.45, 2.75) is 38.9 Å². The first kappa shape index (κ1) is 6.55. The number of hydrogen-bond acceptors (Lipinski definition) is 3. The Labute approximate surface area is 74.3 Å². The lowest BCUT2D eigenvalue weighted by molar-refractivity contribution is 0.613. The van der Waals surface area contributed by atoms with Crippen LogP contribution in [0.2, 0.25) is 0 Å². The van der Waals surface area contributed by atoms with Gasteiger partial charge in [-0.2, -0.15) is 0 Å². The first-order valence-corrected chi connectivity index (χ1v) is 6.69. The van der Waals surface area contributed by atoms with E-state index in [0.717, 1.165) is 19.7 Å². The molecule has 3 heteroatoms. The van der Waals surface area contributed by atoms with Gasteiger partial charge in [-0.15, -0.1) is 35.3 Å². The summed E-state index contributed by atoms with van der Waals surface area (Å²) in [6, 6.07) is 0. The second kappa shape index (κ2) is 2.27. The second-order valence-corrected chi connectivity index (χ2v) is 8.24. The van der Waals surface area contributed by atoms with Crippen LogP contribution in [-0.2, 0) is 0 Å². The summed E-state index contributed by atoms with van der Waals surface area (Å²) in [4.78, 5) is 0. The van der Waals surface area contributed by atoms with Crippen molar-refractivity contribution in [2.24, 2.45) is 0 Å². The van der Waals surface area contributed by atoms with Gasteiger partial charge in [-0.25, -0.2) is 0 Å². The zero-order valence-corrected chi connectivity index (χ0v) is 8.10. The molecule has 0 N–H and O–H groups in total. The average molecular weight is 190 g/mol. The van der Waals surface area contributed by atoms with Crippen LogP contribution in [0.5, 0.6) is 0 Å². The van der Waals surface area contributed by atoms with Gasteiger partial charge < -0.3 is 0 Å². The fourth-order valence-corrected chi connectivity index (χ4v) is 8.97. The third kappa shape index (κ3) is 0.935. The van der Waals surface area contributed by atoms with Gasteiger partial charge in [0.15, 0.2) is 0 Å². The summed E-state index contributed by atoms with van der Waals surface area (Å²) in [7, 11) is 0. The molecule has 4 aliphatic rings. The highest BCUT2D eigenvalue weighted by atomic mass is 32.2. The minimum absolute atomic E-state index is 0.990. The molecule has 4 unspecified atom stereocenters. The smallest absolute Gasteiger partial charge is 0.0527 e. The number of rotatable bonds is 0. The lowest BCUT2D eigenvalue weighted by Crippen LogP contribution is -2.38. The normalized spacial score (nSPS) is 57.6. The van der Waals surface area contributed by atoms with E-state index < -0.39 is 0 Å². The van der Waals surface area contributed by atoms with Crippen LogP contribution in [0.4, 0.5) is 0 Å². The maximum absolute atomic E-state index is 2.26. The predicted octanol–water partition coefficient (Wildman–Crippen LogP) is 2.79.